The van der Waals surface area contributed by atoms with Crippen LogP contribution in [0.3, 0.4) is 0 Å². The van der Waals surface area contributed by atoms with Crippen LogP contribution in [0.4, 0.5) is 0 Å². The summed E-state index contributed by atoms with van der Waals surface area (Å²) in [5, 5.41) is 0. The van der Waals surface area contributed by atoms with Gasteiger partial charge in [0.2, 0.25) is 0 Å². The maximum absolute atomic E-state index is 13.3. The molecule has 4 rings (SSSR count). The average Bonchev–Trinajstić information content (AvgIpc) is 3.23. The molecule has 0 atom stereocenters. The molecule has 2 heterocycles. The van der Waals surface area contributed by atoms with Crippen molar-refractivity contribution >= 4 is 16.9 Å². The van der Waals surface area contributed by atoms with E-state index in [1.807, 2.05) is 36.4 Å². The minimum Gasteiger partial charge on any atom is -0.325 e. The van der Waals surface area contributed by atoms with Gasteiger partial charge in [0.05, 0.1) is 19.4 Å². The number of rotatable bonds is 8. The van der Waals surface area contributed by atoms with Crippen LogP contribution in [0.25, 0.3) is 11.2 Å². The summed E-state index contributed by atoms with van der Waals surface area (Å²) >= 11 is 0. The van der Waals surface area contributed by atoms with Gasteiger partial charge in [-0.1, -0.05) is 74.0 Å². The fourth-order valence-electron chi connectivity index (χ4n) is 3.64. The van der Waals surface area contributed by atoms with Crippen molar-refractivity contribution in [1.82, 2.24) is 18.7 Å². The van der Waals surface area contributed by atoms with Gasteiger partial charge >= 0.3 is 5.69 Å². The molecule has 4 aromatic rings. The zero-order valence-electron chi connectivity index (χ0n) is 17.4. The number of nitrogens with zero attached hydrogens (tertiary/aromatic N) is 4. The maximum atomic E-state index is 13.3. The first-order valence-corrected chi connectivity index (χ1v) is 10.4. The zero-order chi connectivity index (χ0) is 21.8. The molecule has 0 aliphatic heterocycles. The number of fused-ring (bicyclic) bond motifs is 1. The van der Waals surface area contributed by atoms with Gasteiger partial charge in [-0.3, -0.25) is 18.7 Å². The molecule has 0 bridgehead atoms. The second-order valence-electron chi connectivity index (χ2n) is 7.50. The van der Waals surface area contributed by atoms with E-state index >= 15 is 0 Å². The van der Waals surface area contributed by atoms with Crippen LogP contribution in [0.5, 0.6) is 0 Å². The number of carbonyl (C=O) groups excluding carboxylic acids is 1. The molecule has 0 spiro atoms. The third-order valence-electron chi connectivity index (χ3n) is 5.32. The predicted octanol–water partition coefficient (Wildman–Crippen LogP) is 3.09. The molecule has 2 aromatic heterocycles. The van der Waals surface area contributed by atoms with E-state index < -0.39 is 11.2 Å². The molecule has 0 saturated heterocycles. The number of ketones is 1. The molecule has 158 valence electrons. The molecule has 0 fully saturated rings. The van der Waals surface area contributed by atoms with E-state index in [4.69, 9.17) is 0 Å². The van der Waals surface area contributed by atoms with Crippen molar-refractivity contribution in [1.29, 1.82) is 0 Å². The molecule has 0 aliphatic carbocycles. The van der Waals surface area contributed by atoms with Crippen LogP contribution < -0.4 is 11.2 Å². The Labute approximate surface area is 179 Å². The molecular formula is C24H24N4O3. The maximum Gasteiger partial charge on any atom is 0.333 e. The number of hydrogen-bond acceptors (Lipinski definition) is 4. The number of aryl methyl sites for hydroxylation is 1. The lowest BCUT2D eigenvalue weighted by Gasteiger charge is -2.12. The van der Waals surface area contributed by atoms with Gasteiger partial charge in [0.1, 0.15) is 0 Å². The highest BCUT2D eigenvalue weighted by atomic mass is 16.2. The van der Waals surface area contributed by atoms with Crippen LogP contribution in [0, 0.1) is 0 Å². The van der Waals surface area contributed by atoms with E-state index in [-0.39, 0.29) is 18.9 Å². The molecule has 0 unspecified atom stereocenters. The lowest BCUT2D eigenvalue weighted by Crippen LogP contribution is -2.42. The number of unbranched alkanes of at least 4 members (excludes halogenated alkanes) is 1. The molecule has 0 amide bonds. The average molecular weight is 416 g/mol. The van der Waals surface area contributed by atoms with Gasteiger partial charge in [-0.2, -0.15) is 0 Å². The molecule has 7 nitrogen and oxygen atoms in total. The molecular weight excluding hydrogens is 392 g/mol. The molecule has 7 heteroatoms. The summed E-state index contributed by atoms with van der Waals surface area (Å²) in [5.74, 6) is -0.287. The Bertz CT molecular complexity index is 1320. The first kappa shape index (κ1) is 20.5. The Morgan fingerprint density at radius 1 is 0.935 bits per heavy atom. The summed E-state index contributed by atoms with van der Waals surface area (Å²) in [6.45, 7) is 2.64. The van der Waals surface area contributed by atoms with E-state index in [1.54, 1.807) is 35.2 Å². The number of Topliss-reactive ketones (excluding diaryl/α,β-unsaturated/α-hetero) is 1. The zero-order valence-corrected chi connectivity index (χ0v) is 17.4. The highest BCUT2D eigenvalue weighted by Gasteiger charge is 2.20. The monoisotopic (exact) mass is 416 g/mol. The van der Waals surface area contributed by atoms with Crippen molar-refractivity contribution in [2.24, 2.45) is 0 Å². The number of imidazole rings is 1. The van der Waals surface area contributed by atoms with Gasteiger partial charge in [0.15, 0.2) is 16.9 Å². The van der Waals surface area contributed by atoms with Crippen molar-refractivity contribution in [2.75, 3.05) is 0 Å². The quantitative estimate of drug-likeness (QED) is 0.414. The molecule has 0 saturated carbocycles. The van der Waals surface area contributed by atoms with E-state index in [1.165, 1.54) is 4.57 Å². The number of carbonyl (C=O) groups is 1. The summed E-state index contributed by atoms with van der Waals surface area (Å²) in [7, 11) is 0. The number of benzene rings is 2. The van der Waals surface area contributed by atoms with Crippen molar-refractivity contribution in [3.05, 3.63) is 99.0 Å². The molecule has 0 radical (unpaired) electrons. The predicted molar refractivity (Wildman–Crippen MR) is 119 cm³/mol. The summed E-state index contributed by atoms with van der Waals surface area (Å²) in [4.78, 5) is 43.8. The topological polar surface area (TPSA) is 78.9 Å². The van der Waals surface area contributed by atoms with Crippen molar-refractivity contribution in [3.63, 3.8) is 0 Å². The largest absolute Gasteiger partial charge is 0.333 e. The third kappa shape index (κ3) is 4.12. The number of hydrogen-bond donors (Lipinski definition) is 0. The highest BCUT2D eigenvalue weighted by molar-refractivity contribution is 5.95. The third-order valence-corrected chi connectivity index (χ3v) is 5.32. The Hall–Kier alpha value is -3.74. The smallest absolute Gasteiger partial charge is 0.325 e. The van der Waals surface area contributed by atoms with Gasteiger partial charge in [0.25, 0.3) is 5.56 Å². The van der Waals surface area contributed by atoms with Gasteiger partial charge < -0.3 is 4.57 Å². The number of aromatic nitrogens is 4. The summed E-state index contributed by atoms with van der Waals surface area (Å²) in [6, 6.07) is 18.2. The summed E-state index contributed by atoms with van der Waals surface area (Å²) in [6.07, 6.45) is 3.45. The van der Waals surface area contributed by atoms with Crippen LogP contribution in [0.15, 0.2) is 76.6 Å². The van der Waals surface area contributed by atoms with Crippen LogP contribution >= 0.6 is 0 Å². The Morgan fingerprint density at radius 3 is 2.29 bits per heavy atom. The van der Waals surface area contributed by atoms with Crippen LogP contribution in [0.1, 0.15) is 35.7 Å². The van der Waals surface area contributed by atoms with E-state index in [9.17, 15) is 14.4 Å². The molecule has 31 heavy (non-hydrogen) atoms. The fraction of sp³-hybridized carbons (Fsp3) is 0.250. The van der Waals surface area contributed by atoms with Crippen molar-refractivity contribution in [2.45, 2.75) is 39.4 Å². The second kappa shape index (κ2) is 8.95. The van der Waals surface area contributed by atoms with Crippen molar-refractivity contribution in [3.8, 4) is 0 Å². The lowest BCUT2D eigenvalue weighted by atomic mass is 10.1. The summed E-state index contributed by atoms with van der Waals surface area (Å²) in [5.41, 5.74) is 1.05. The van der Waals surface area contributed by atoms with Gasteiger partial charge in [-0.25, -0.2) is 9.78 Å². The Morgan fingerprint density at radius 2 is 1.61 bits per heavy atom. The van der Waals surface area contributed by atoms with E-state index in [2.05, 4.69) is 11.9 Å². The van der Waals surface area contributed by atoms with E-state index in [0.29, 0.717) is 23.3 Å². The Kier molecular flexibility index (Phi) is 5.93. The SMILES string of the molecule is CCCCn1cnc2c1c(=O)n(CC(=O)c1ccccc1)c(=O)n2Cc1ccccc1. The lowest BCUT2D eigenvalue weighted by molar-refractivity contribution is 0.0969. The van der Waals surface area contributed by atoms with Crippen LogP contribution in [-0.4, -0.2) is 24.5 Å². The van der Waals surface area contributed by atoms with E-state index in [0.717, 1.165) is 23.0 Å². The highest BCUT2D eigenvalue weighted by Crippen LogP contribution is 2.11. The van der Waals surface area contributed by atoms with Gasteiger partial charge in [0, 0.05) is 12.1 Å². The van der Waals surface area contributed by atoms with Crippen LogP contribution in [-0.2, 0) is 19.6 Å². The van der Waals surface area contributed by atoms with Crippen molar-refractivity contribution < 1.29 is 4.79 Å². The van der Waals surface area contributed by atoms with Gasteiger partial charge in [-0.05, 0) is 12.0 Å². The van der Waals surface area contributed by atoms with Crippen LogP contribution in [0.2, 0.25) is 0 Å². The molecule has 0 aliphatic rings. The second-order valence-corrected chi connectivity index (χ2v) is 7.50. The minimum absolute atomic E-state index is 0.265. The fourth-order valence-corrected chi connectivity index (χ4v) is 3.64. The molecule has 0 N–H and O–H groups in total. The molecule has 2 aromatic carbocycles. The first-order chi connectivity index (χ1) is 15.1. The van der Waals surface area contributed by atoms with Gasteiger partial charge in [-0.15, -0.1) is 0 Å². The minimum atomic E-state index is -0.536. The normalized spacial score (nSPS) is 11.1. The standard InChI is InChI=1S/C24H24N4O3/c1-2-3-14-26-17-25-22-21(26)23(30)28(16-20(29)19-12-8-5-9-13-19)24(31)27(22)15-18-10-6-4-7-11-18/h4-13,17H,2-3,14-16H2,1H3. The Balaban J connectivity index is 1.87. The first-order valence-electron chi connectivity index (χ1n) is 10.4. The summed E-state index contributed by atoms with van der Waals surface area (Å²) < 4.78 is 4.29.